The SMILES string of the molecule is COc1ccc(C2Nn3c(nnc3-c3cccc(N([O-])O)c3)S2)cc1. The molecule has 9 heteroatoms. The number of methoxy groups -OCH3 is 1. The molecular formula is C16H14N5O3S-. The van der Waals surface area contributed by atoms with Gasteiger partial charge in [0.05, 0.1) is 12.8 Å². The van der Waals surface area contributed by atoms with Crippen LogP contribution < -0.4 is 15.4 Å². The number of thioether (sulfide) groups is 1. The molecule has 0 amide bonds. The molecule has 2 aromatic carbocycles. The molecule has 4 rings (SSSR count). The molecule has 0 aliphatic carbocycles. The predicted molar refractivity (Wildman–Crippen MR) is 94.0 cm³/mol. The maximum Gasteiger partial charge on any atom is 0.212 e. The molecule has 2 heterocycles. The van der Waals surface area contributed by atoms with E-state index in [-0.39, 0.29) is 16.3 Å². The number of nitrogens with one attached hydrogen (secondary N) is 1. The highest BCUT2D eigenvalue weighted by atomic mass is 32.2. The number of ether oxygens (including phenoxy) is 1. The molecule has 1 unspecified atom stereocenters. The van der Waals surface area contributed by atoms with E-state index in [0.717, 1.165) is 16.5 Å². The third kappa shape index (κ3) is 2.88. The number of nitrogens with zero attached hydrogens (tertiary/aromatic N) is 4. The first kappa shape index (κ1) is 15.8. The van der Waals surface area contributed by atoms with Crippen LogP contribution in [0.2, 0.25) is 0 Å². The lowest BCUT2D eigenvalue weighted by Gasteiger charge is -2.21. The van der Waals surface area contributed by atoms with Crippen molar-refractivity contribution in [1.82, 2.24) is 14.9 Å². The van der Waals surface area contributed by atoms with Gasteiger partial charge >= 0.3 is 0 Å². The van der Waals surface area contributed by atoms with E-state index in [2.05, 4.69) is 15.6 Å². The van der Waals surface area contributed by atoms with Gasteiger partial charge in [0.25, 0.3) is 0 Å². The molecule has 1 atom stereocenters. The highest BCUT2D eigenvalue weighted by Crippen LogP contribution is 2.40. The molecule has 0 spiro atoms. The maximum atomic E-state index is 11.1. The van der Waals surface area contributed by atoms with Crippen molar-refractivity contribution < 1.29 is 9.94 Å². The van der Waals surface area contributed by atoms with E-state index in [1.807, 2.05) is 24.3 Å². The summed E-state index contributed by atoms with van der Waals surface area (Å²) in [4.78, 5) is 0. The Labute approximate surface area is 147 Å². The van der Waals surface area contributed by atoms with E-state index in [1.165, 1.54) is 6.07 Å². The second-order valence-corrected chi connectivity index (χ2v) is 6.44. The van der Waals surface area contributed by atoms with Crippen LogP contribution in [0.4, 0.5) is 5.69 Å². The molecule has 0 saturated carbocycles. The van der Waals surface area contributed by atoms with Crippen LogP contribution in [-0.4, -0.2) is 27.2 Å². The first-order valence-electron chi connectivity index (χ1n) is 7.45. The zero-order valence-electron chi connectivity index (χ0n) is 13.2. The summed E-state index contributed by atoms with van der Waals surface area (Å²) in [5, 5.41) is 29.1. The van der Waals surface area contributed by atoms with Crippen molar-refractivity contribution in [1.29, 1.82) is 0 Å². The zero-order chi connectivity index (χ0) is 17.4. The van der Waals surface area contributed by atoms with Crippen LogP contribution in [0.15, 0.2) is 53.7 Å². The topological polar surface area (TPSA) is 98.5 Å². The highest BCUT2D eigenvalue weighted by molar-refractivity contribution is 7.99. The van der Waals surface area contributed by atoms with Gasteiger partial charge in [0.2, 0.25) is 5.16 Å². The van der Waals surface area contributed by atoms with Crippen molar-refractivity contribution in [3.63, 3.8) is 0 Å². The smallest absolute Gasteiger partial charge is 0.212 e. The lowest BCUT2D eigenvalue weighted by molar-refractivity contribution is 0.296. The fourth-order valence-electron chi connectivity index (χ4n) is 2.58. The van der Waals surface area contributed by atoms with Crippen LogP contribution >= 0.6 is 11.8 Å². The number of hydrogen-bond donors (Lipinski definition) is 2. The number of fused-ring (bicyclic) bond motifs is 1. The number of hydrogen-bond acceptors (Lipinski definition) is 8. The van der Waals surface area contributed by atoms with Crippen molar-refractivity contribution >= 4 is 17.4 Å². The lowest BCUT2D eigenvalue weighted by atomic mass is 10.2. The minimum atomic E-state index is -0.174. The molecule has 1 aromatic heterocycles. The Morgan fingerprint density at radius 3 is 2.76 bits per heavy atom. The van der Waals surface area contributed by atoms with Crippen LogP contribution in [0.25, 0.3) is 11.4 Å². The third-order valence-corrected chi connectivity index (χ3v) is 4.94. The van der Waals surface area contributed by atoms with Crippen LogP contribution in [0.5, 0.6) is 5.75 Å². The Hall–Kier alpha value is -2.75. The Morgan fingerprint density at radius 1 is 1.24 bits per heavy atom. The second-order valence-electron chi connectivity index (χ2n) is 5.37. The van der Waals surface area contributed by atoms with E-state index in [4.69, 9.17) is 9.94 Å². The van der Waals surface area contributed by atoms with E-state index in [1.54, 1.807) is 41.7 Å². The summed E-state index contributed by atoms with van der Waals surface area (Å²) >= 11 is 1.54. The zero-order valence-corrected chi connectivity index (χ0v) is 14.0. The molecule has 0 fully saturated rings. The monoisotopic (exact) mass is 356 g/mol. The minimum absolute atomic E-state index is 0.00723. The normalized spacial score (nSPS) is 15.6. The molecule has 3 aromatic rings. The summed E-state index contributed by atoms with van der Waals surface area (Å²) in [5.41, 5.74) is 5.23. The molecule has 0 saturated heterocycles. The molecule has 2 N–H and O–H groups in total. The largest absolute Gasteiger partial charge is 0.733 e. The molecule has 0 radical (unpaired) electrons. The Morgan fingerprint density at radius 2 is 2.04 bits per heavy atom. The minimum Gasteiger partial charge on any atom is -0.733 e. The number of aromatic nitrogens is 3. The average Bonchev–Trinajstić information content (AvgIpc) is 3.22. The van der Waals surface area contributed by atoms with Gasteiger partial charge < -0.3 is 20.6 Å². The van der Waals surface area contributed by atoms with Crippen molar-refractivity contribution in [2.24, 2.45) is 0 Å². The highest BCUT2D eigenvalue weighted by Gasteiger charge is 2.28. The quantitative estimate of drug-likeness (QED) is 0.689. The Kier molecular flexibility index (Phi) is 3.96. The fourth-order valence-corrected chi connectivity index (χ4v) is 3.58. The van der Waals surface area contributed by atoms with Crippen molar-refractivity contribution in [2.45, 2.75) is 10.5 Å². The van der Waals surface area contributed by atoms with Gasteiger partial charge in [0.1, 0.15) is 11.1 Å². The molecule has 0 bridgehead atoms. The van der Waals surface area contributed by atoms with Gasteiger partial charge in [0.15, 0.2) is 5.82 Å². The van der Waals surface area contributed by atoms with Crippen LogP contribution in [0.3, 0.4) is 0 Å². The molecule has 1 aliphatic heterocycles. The summed E-state index contributed by atoms with van der Waals surface area (Å²) in [6, 6.07) is 14.3. The summed E-state index contributed by atoms with van der Waals surface area (Å²) in [7, 11) is 1.63. The molecule has 8 nitrogen and oxygen atoms in total. The van der Waals surface area contributed by atoms with Gasteiger partial charge in [-0.25, -0.2) is 4.68 Å². The average molecular weight is 356 g/mol. The van der Waals surface area contributed by atoms with Crippen LogP contribution in [-0.2, 0) is 0 Å². The number of rotatable bonds is 4. The predicted octanol–water partition coefficient (Wildman–Crippen LogP) is 3.00. The third-order valence-electron chi connectivity index (χ3n) is 3.85. The summed E-state index contributed by atoms with van der Waals surface area (Å²) in [5.74, 6) is 1.37. The first-order valence-corrected chi connectivity index (χ1v) is 8.33. The van der Waals surface area contributed by atoms with Gasteiger partial charge in [-0.3, -0.25) is 5.21 Å². The van der Waals surface area contributed by atoms with Gasteiger partial charge in [-0.2, -0.15) is 0 Å². The number of anilines is 1. The summed E-state index contributed by atoms with van der Waals surface area (Å²) < 4.78 is 6.96. The van der Waals surface area contributed by atoms with E-state index >= 15 is 0 Å². The molecular weight excluding hydrogens is 342 g/mol. The maximum absolute atomic E-state index is 11.1. The summed E-state index contributed by atoms with van der Waals surface area (Å²) in [6.07, 6.45) is 0. The first-order chi connectivity index (χ1) is 12.2. The molecule has 25 heavy (non-hydrogen) atoms. The van der Waals surface area contributed by atoms with Crippen LogP contribution in [0, 0.1) is 5.21 Å². The lowest BCUT2D eigenvalue weighted by Crippen LogP contribution is -2.14. The van der Waals surface area contributed by atoms with Crippen molar-refractivity contribution in [3.8, 4) is 17.1 Å². The number of benzene rings is 2. The van der Waals surface area contributed by atoms with Crippen LogP contribution in [0.1, 0.15) is 10.9 Å². The fraction of sp³-hybridized carbons (Fsp3) is 0.125. The molecule has 128 valence electrons. The standard InChI is InChI=1S/C16H14N5O3S/c1-24-13-7-5-10(6-8-13)15-19-20-14(17-18-16(20)25-15)11-3-2-4-12(9-11)21(22)23/h2-9,15,19,22H,1H3/q-1. The Balaban J connectivity index is 1.62. The molecule has 1 aliphatic rings. The van der Waals surface area contributed by atoms with Gasteiger partial charge in [-0.1, -0.05) is 36.0 Å². The summed E-state index contributed by atoms with van der Waals surface area (Å²) in [6.45, 7) is 0. The van der Waals surface area contributed by atoms with E-state index < -0.39 is 0 Å². The van der Waals surface area contributed by atoms with Gasteiger partial charge in [0, 0.05) is 5.56 Å². The van der Waals surface area contributed by atoms with Crippen molar-refractivity contribution in [3.05, 3.63) is 59.3 Å². The van der Waals surface area contributed by atoms with Gasteiger partial charge in [-0.05, 0) is 29.8 Å². The van der Waals surface area contributed by atoms with Crippen molar-refractivity contribution in [2.75, 3.05) is 17.8 Å². The van der Waals surface area contributed by atoms with E-state index in [9.17, 15) is 5.21 Å². The Bertz CT molecular complexity index is 897. The van der Waals surface area contributed by atoms with E-state index in [0.29, 0.717) is 11.4 Å². The second kappa shape index (κ2) is 6.28. The van der Waals surface area contributed by atoms with Gasteiger partial charge in [-0.15, -0.1) is 10.2 Å².